The van der Waals surface area contributed by atoms with E-state index in [-0.39, 0.29) is 18.2 Å². The highest BCUT2D eigenvalue weighted by Crippen LogP contribution is 2.26. The molecule has 0 amide bonds. The Morgan fingerprint density at radius 2 is 1.79 bits per heavy atom. The van der Waals surface area contributed by atoms with Crippen LogP contribution in [-0.4, -0.2) is 36.3 Å². The molecule has 1 saturated heterocycles. The van der Waals surface area contributed by atoms with Gasteiger partial charge in [-0.25, -0.2) is 4.98 Å². The van der Waals surface area contributed by atoms with E-state index in [2.05, 4.69) is 44.8 Å². The van der Waals surface area contributed by atoms with Gasteiger partial charge in [0.05, 0.1) is 0 Å². The highest BCUT2D eigenvalue weighted by molar-refractivity contribution is 7.16. The number of para-hydroxylation sites is 1. The fourth-order valence-electron chi connectivity index (χ4n) is 3.02. The van der Waals surface area contributed by atoms with Crippen LogP contribution in [0.2, 0.25) is 0 Å². The number of halogens is 1. The monoisotopic (exact) mass is 414 g/mol. The van der Waals surface area contributed by atoms with E-state index in [1.807, 2.05) is 36.5 Å². The minimum Gasteiger partial charge on any atom is -0.507 e. The number of piperazine rings is 1. The van der Waals surface area contributed by atoms with Crippen molar-refractivity contribution in [2.24, 2.45) is 0 Å². The third-order valence-electron chi connectivity index (χ3n) is 4.49. The van der Waals surface area contributed by atoms with E-state index in [1.54, 1.807) is 17.4 Å². The molecule has 1 aliphatic heterocycles. The Hall–Kier alpha value is -2.54. The van der Waals surface area contributed by atoms with Crippen LogP contribution >= 0.6 is 23.7 Å². The van der Waals surface area contributed by atoms with Crippen LogP contribution in [-0.2, 0) is 0 Å². The number of benzene rings is 2. The first-order valence-corrected chi connectivity index (χ1v) is 9.84. The van der Waals surface area contributed by atoms with Gasteiger partial charge in [-0.15, -0.1) is 12.4 Å². The number of thiazole rings is 1. The molecule has 0 spiro atoms. The lowest BCUT2D eigenvalue weighted by molar-refractivity contribution is 0.474. The van der Waals surface area contributed by atoms with Gasteiger partial charge in [0.2, 0.25) is 0 Å². The molecule has 0 aliphatic carbocycles. The summed E-state index contributed by atoms with van der Waals surface area (Å²) in [5.41, 5.74) is 3.08. The third kappa shape index (κ3) is 5.04. The molecule has 3 N–H and O–H groups in total. The zero-order chi connectivity index (χ0) is 18.5. The average Bonchev–Trinajstić information content (AvgIpc) is 3.16. The molecule has 28 heavy (non-hydrogen) atoms. The van der Waals surface area contributed by atoms with E-state index in [1.165, 1.54) is 5.69 Å². The van der Waals surface area contributed by atoms with Gasteiger partial charge < -0.3 is 20.6 Å². The van der Waals surface area contributed by atoms with Gasteiger partial charge in [0.1, 0.15) is 5.75 Å². The summed E-state index contributed by atoms with van der Waals surface area (Å²) in [7, 11) is 0. The summed E-state index contributed by atoms with van der Waals surface area (Å²) < 4.78 is 0. The second-order valence-corrected chi connectivity index (χ2v) is 7.43. The number of aromatic nitrogens is 1. The molecular formula is C21H23ClN4OS. The van der Waals surface area contributed by atoms with Crippen molar-refractivity contribution >= 4 is 52.4 Å². The summed E-state index contributed by atoms with van der Waals surface area (Å²) in [6.07, 6.45) is 5.69. The third-order valence-corrected chi connectivity index (χ3v) is 5.37. The summed E-state index contributed by atoms with van der Waals surface area (Å²) in [4.78, 5) is 7.85. The van der Waals surface area contributed by atoms with Gasteiger partial charge in [-0.2, -0.15) is 0 Å². The molecule has 0 radical (unpaired) electrons. The fraction of sp³-hybridized carbons (Fsp3) is 0.190. The fourth-order valence-corrected chi connectivity index (χ4v) is 3.76. The molecule has 3 aromatic rings. The van der Waals surface area contributed by atoms with Crippen LogP contribution in [0.3, 0.4) is 0 Å². The molecule has 0 atom stereocenters. The Balaban J connectivity index is 0.00000225. The lowest BCUT2D eigenvalue weighted by atomic mass is 10.2. The van der Waals surface area contributed by atoms with Crippen LogP contribution in [0, 0.1) is 0 Å². The van der Waals surface area contributed by atoms with E-state index >= 15 is 0 Å². The summed E-state index contributed by atoms with van der Waals surface area (Å²) >= 11 is 1.58. The van der Waals surface area contributed by atoms with Crippen molar-refractivity contribution in [3.05, 3.63) is 65.2 Å². The van der Waals surface area contributed by atoms with Crippen LogP contribution in [0.4, 0.5) is 16.5 Å². The van der Waals surface area contributed by atoms with Crippen LogP contribution in [0.15, 0.2) is 54.7 Å². The minimum absolute atomic E-state index is 0. The number of phenolic OH excluding ortho intramolecular Hbond substituents is 1. The van der Waals surface area contributed by atoms with E-state index in [9.17, 15) is 5.11 Å². The second kappa shape index (κ2) is 9.59. The van der Waals surface area contributed by atoms with E-state index < -0.39 is 0 Å². The molecule has 2 aromatic carbocycles. The minimum atomic E-state index is 0. The Morgan fingerprint density at radius 1 is 1.04 bits per heavy atom. The van der Waals surface area contributed by atoms with Crippen LogP contribution in [0.25, 0.3) is 12.2 Å². The molecule has 1 aliphatic rings. The molecule has 0 saturated carbocycles. The van der Waals surface area contributed by atoms with Crippen molar-refractivity contribution in [1.82, 2.24) is 10.3 Å². The maximum atomic E-state index is 9.82. The van der Waals surface area contributed by atoms with Gasteiger partial charge in [0.15, 0.2) is 5.13 Å². The lowest BCUT2D eigenvalue weighted by Gasteiger charge is -2.29. The van der Waals surface area contributed by atoms with Crippen molar-refractivity contribution in [1.29, 1.82) is 0 Å². The highest BCUT2D eigenvalue weighted by atomic mass is 35.5. The van der Waals surface area contributed by atoms with Crippen molar-refractivity contribution in [3.63, 3.8) is 0 Å². The molecule has 4 rings (SSSR count). The number of phenols is 1. The molecular weight excluding hydrogens is 392 g/mol. The quantitative estimate of drug-likeness (QED) is 0.569. The maximum Gasteiger partial charge on any atom is 0.187 e. The number of hydrogen-bond donors (Lipinski definition) is 3. The number of nitrogens with zero attached hydrogens (tertiary/aromatic N) is 2. The first-order valence-electron chi connectivity index (χ1n) is 9.02. The van der Waals surface area contributed by atoms with E-state index in [0.717, 1.165) is 47.4 Å². The number of aromatic hydroxyl groups is 1. The van der Waals surface area contributed by atoms with Crippen molar-refractivity contribution in [2.45, 2.75) is 0 Å². The summed E-state index contributed by atoms with van der Waals surface area (Å²) in [5.74, 6) is 0.279. The molecule has 2 heterocycles. The molecule has 0 unspecified atom stereocenters. The van der Waals surface area contributed by atoms with Gasteiger partial charge in [0.25, 0.3) is 0 Å². The Bertz CT molecular complexity index is 920. The number of hydrogen-bond acceptors (Lipinski definition) is 6. The smallest absolute Gasteiger partial charge is 0.187 e. The van der Waals surface area contributed by atoms with Gasteiger partial charge in [-0.3, -0.25) is 0 Å². The molecule has 0 bridgehead atoms. The Labute approximate surface area is 175 Å². The molecule has 1 fully saturated rings. The average molecular weight is 415 g/mol. The van der Waals surface area contributed by atoms with Gasteiger partial charge in [-0.1, -0.05) is 29.5 Å². The summed E-state index contributed by atoms with van der Waals surface area (Å²) in [5, 5.41) is 17.4. The van der Waals surface area contributed by atoms with Crippen LogP contribution in [0.1, 0.15) is 10.4 Å². The van der Waals surface area contributed by atoms with Crippen molar-refractivity contribution in [3.8, 4) is 5.75 Å². The van der Waals surface area contributed by atoms with Crippen LogP contribution < -0.4 is 15.5 Å². The van der Waals surface area contributed by atoms with Gasteiger partial charge in [0, 0.05) is 54.2 Å². The number of nitrogens with one attached hydrogen (secondary N) is 2. The van der Waals surface area contributed by atoms with Crippen molar-refractivity contribution < 1.29 is 5.11 Å². The SMILES string of the molecule is Cl.Oc1ccccc1/C=C/c1cnc(Nc2ccc(N3CCNCC3)cc2)s1. The van der Waals surface area contributed by atoms with E-state index in [4.69, 9.17) is 0 Å². The normalized spacial score (nSPS) is 14.1. The molecule has 5 nitrogen and oxygen atoms in total. The summed E-state index contributed by atoms with van der Waals surface area (Å²) in [6.45, 7) is 4.17. The largest absolute Gasteiger partial charge is 0.507 e. The Morgan fingerprint density at radius 3 is 2.54 bits per heavy atom. The predicted octanol–water partition coefficient (Wildman–Crippen LogP) is 4.59. The predicted molar refractivity (Wildman–Crippen MR) is 121 cm³/mol. The first-order chi connectivity index (χ1) is 13.3. The maximum absolute atomic E-state index is 9.82. The van der Waals surface area contributed by atoms with Gasteiger partial charge >= 0.3 is 0 Å². The number of rotatable bonds is 5. The zero-order valence-corrected chi connectivity index (χ0v) is 17.0. The molecule has 1 aromatic heterocycles. The standard InChI is InChI=1S/C21H22N4OS.ClH/c26-20-4-2-1-3-16(20)5-10-19-15-23-21(27-19)24-17-6-8-18(9-7-17)25-13-11-22-12-14-25;/h1-10,15,22,26H,11-14H2,(H,23,24);1H/b10-5+;. The second-order valence-electron chi connectivity index (χ2n) is 6.37. The van der Waals surface area contributed by atoms with E-state index in [0.29, 0.717) is 0 Å². The van der Waals surface area contributed by atoms with Gasteiger partial charge in [-0.05, 0) is 42.5 Å². The topological polar surface area (TPSA) is 60.4 Å². The molecule has 7 heteroatoms. The Kier molecular flexibility index (Phi) is 6.92. The number of anilines is 3. The first kappa shape index (κ1) is 20.2. The summed E-state index contributed by atoms with van der Waals surface area (Å²) in [6, 6.07) is 15.8. The lowest BCUT2D eigenvalue weighted by Crippen LogP contribution is -2.43. The zero-order valence-electron chi connectivity index (χ0n) is 15.3. The van der Waals surface area contributed by atoms with Crippen molar-refractivity contribution in [2.75, 3.05) is 36.4 Å². The van der Waals surface area contributed by atoms with Crippen LogP contribution in [0.5, 0.6) is 5.75 Å². The highest BCUT2D eigenvalue weighted by Gasteiger charge is 2.10. The molecule has 146 valence electrons.